The molecule has 23 nitrogen and oxygen atoms in total. The van der Waals surface area contributed by atoms with Gasteiger partial charge in [0.2, 0.25) is 0 Å². The highest BCUT2D eigenvalue weighted by molar-refractivity contribution is 6.73. The lowest BCUT2D eigenvalue weighted by Gasteiger charge is -2.28. The highest BCUT2D eigenvalue weighted by atomic mass is 28.5. The predicted molar refractivity (Wildman–Crippen MR) is 175 cm³/mol. The lowest BCUT2D eigenvalue weighted by molar-refractivity contribution is 0.229. The molecule has 0 heterocycles. The zero-order valence-electron chi connectivity index (χ0n) is 24.7. The molecule has 0 rings (SSSR count). The second kappa shape index (κ2) is 45.8. The van der Waals surface area contributed by atoms with Crippen LogP contribution >= 0.6 is 0 Å². The molecule has 0 aliphatic heterocycles. The Hall–Kier alpha value is 3.42. The van der Waals surface area contributed by atoms with Crippen molar-refractivity contribution in [2.75, 3.05) is 27.9 Å². The first-order valence-electron chi connectivity index (χ1n) is 11.4. The van der Waals surface area contributed by atoms with Crippen LogP contribution in [0.3, 0.4) is 0 Å². The summed E-state index contributed by atoms with van der Waals surface area (Å²) in [5.41, 5.74) is 5.75. The summed E-state index contributed by atoms with van der Waals surface area (Å²) in [6.45, 7) is 0.370. The van der Waals surface area contributed by atoms with Gasteiger partial charge in [0, 0.05) is 27.4 Å². The van der Waals surface area contributed by atoms with Gasteiger partial charge in [-0.15, -0.1) is 0 Å². The first kappa shape index (κ1) is 52.4. The van der Waals surface area contributed by atoms with E-state index in [1.165, 1.54) is 21.3 Å². The molecule has 0 unspecified atom stereocenters. The molecule has 258 valence electrons. The van der Waals surface area contributed by atoms with Gasteiger partial charge >= 0.3 is 199 Å². The van der Waals surface area contributed by atoms with E-state index in [2.05, 4.69) is 0 Å². The van der Waals surface area contributed by atoms with E-state index in [4.69, 9.17) is 97.2 Å². The molecule has 43 heteroatoms. The summed E-state index contributed by atoms with van der Waals surface area (Å²) in [6, 6.07) is 0.361. The molecule has 0 aromatic rings. The summed E-state index contributed by atoms with van der Waals surface area (Å²) >= 11 is 0. The molecule has 49 heavy (non-hydrogen) atoms. The van der Waals surface area contributed by atoms with Crippen molar-refractivity contribution >= 4 is 199 Å². The first-order valence-corrected chi connectivity index (χ1v) is 28.8. The van der Waals surface area contributed by atoms with Crippen LogP contribution in [0.15, 0.2) is 0 Å². The van der Waals surface area contributed by atoms with E-state index in [1.54, 1.807) is 0 Å². The van der Waals surface area contributed by atoms with Gasteiger partial charge in [-0.2, -0.15) is 0 Å². The van der Waals surface area contributed by atoms with Crippen LogP contribution in [0.5, 0.6) is 0 Å². The summed E-state index contributed by atoms with van der Waals surface area (Å²) in [4.78, 5) is 0. The van der Waals surface area contributed by atoms with Gasteiger partial charge in [-0.3, -0.25) is 0 Å². The van der Waals surface area contributed by atoms with Gasteiger partial charge in [0.05, 0.1) is 0 Å². The smallest absolute Gasteiger partial charge is 0.412 e. The standard InChI is InChI=1S/C6H17NO22Si20/c1-8-30-11-33-14-36-17-39-20-42-23-45-26-48-29-49(6-4-5-7,27-46-24-43-21-40-18-37-15-34-12-31-9-2)28-47-25-44-22-41-19-38-16-35-13-32-10-3/h4-7H2,1-3H3. The lowest BCUT2D eigenvalue weighted by atomic mass is 10.5. The number of hydrogen-bond acceptors (Lipinski definition) is 23. The molecule has 0 atom stereocenters. The Bertz CT molecular complexity index is 609. The van der Waals surface area contributed by atoms with E-state index in [0.717, 1.165) is 0 Å². The van der Waals surface area contributed by atoms with Crippen LogP contribution in [-0.4, -0.2) is 227 Å². The SMILES string of the molecule is CO[Si]O[Si]O[Si]O[Si]O[Si]O[Si]O[Si]O[Si](CCCN)(O[Si]O[Si]O[Si]O[Si]O[Si]O[Si]OC)O[Si]O[Si]O[Si]O[Si]O[Si]O[Si]OC. The maximum Gasteiger partial charge on any atom is 0.473 e. The average Bonchev–Trinajstić information content (AvgIpc) is 3.11. The van der Waals surface area contributed by atoms with Crippen molar-refractivity contribution in [3.05, 3.63) is 0 Å². The van der Waals surface area contributed by atoms with Crippen molar-refractivity contribution in [3.8, 4) is 0 Å². The van der Waals surface area contributed by atoms with Gasteiger partial charge in [-0.1, -0.05) is 0 Å². The molecule has 0 aliphatic rings. The van der Waals surface area contributed by atoms with Crippen molar-refractivity contribution in [3.63, 3.8) is 0 Å². The predicted octanol–water partition coefficient (Wildman–Crippen LogP) is -8.32. The average molecular weight is 1020 g/mol. The summed E-state index contributed by atoms with van der Waals surface area (Å²) in [7, 11) is -4.16. The number of rotatable bonds is 44. The van der Waals surface area contributed by atoms with E-state index in [-0.39, 0.29) is 160 Å². The van der Waals surface area contributed by atoms with E-state index < -0.39 is 38.8 Å². The van der Waals surface area contributed by atoms with Crippen LogP contribution in [0, 0.1) is 0 Å². The molecule has 0 bridgehead atoms. The summed E-state index contributed by atoms with van der Waals surface area (Å²) in [5.74, 6) is 0. The second-order valence-corrected chi connectivity index (χ2v) is 27.5. The Balaban J connectivity index is 4.43. The fourth-order valence-corrected chi connectivity index (χ4v) is 18.3. The third kappa shape index (κ3) is 40.9. The van der Waals surface area contributed by atoms with Gasteiger partial charge in [0.15, 0.2) is 0 Å². The van der Waals surface area contributed by atoms with Crippen molar-refractivity contribution < 1.29 is 91.5 Å². The molecule has 0 aliphatic carbocycles. The summed E-state index contributed by atoms with van der Waals surface area (Å²) in [5, 5.41) is 0. The number of nitrogens with two attached hydrogens (primary N) is 1. The van der Waals surface area contributed by atoms with E-state index >= 15 is 0 Å². The monoisotopic (exact) mass is 1010 g/mol. The molecule has 0 spiro atoms. The molecule has 2 N–H and O–H groups in total. The Morgan fingerprint density at radius 3 is 0.735 bits per heavy atom. The summed E-state index contributed by atoms with van der Waals surface area (Å²) in [6.07, 6.45) is 0.540. The highest BCUT2D eigenvalue weighted by Gasteiger charge is 2.41. The summed E-state index contributed by atoms with van der Waals surface area (Å²) < 4.78 is 116. The third-order valence-electron chi connectivity index (χ3n) is 2.86. The van der Waals surface area contributed by atoms with Gasteiger partial charge in [-0.25, -0.2) is 0 Å². The fraction of sp³-hybridized carbons (Fsp3) is 1.00. The minimum Gasteiger partial charge on any atom is -0.412 e. The Kier molecular flexibility index (Phi) is 49.0. The molecule has 0 amide bonds. The molecule has 0 saturated heterocycles. The maximum absolute atomic E-state index is 5.97. The Morgan fingerprint density at radius 2 is 0.531 bits per heavy atom. The van der Waals surface area contributed by atoms with Crippen molar-refractivity contribution in [2.24, 2.45) is 5.73 Å². The second-order valence-electron chi connectivity index (χ2n) is 5.71. The van der Waals surface area contributed by atoms with Gasteiger partial charge < -0.3 is 97.2 Å². The van der Waals surface area contributed by atoms with Crippen LogP contribution < -0.4 is 5.73 Å². The van der Waals surface area contributed by atoms with Crippen molar-refractivity contribution in [1.82, 2.24) is 0 Å². The minimum absolute atomic E-state index is 0.0792. The third-order valence-corrected chi connectivity index (χ3v) is 19.7. The molecular weight excluding hydrogens is 1000 g/mol. The molecule has 0 fully saturated rings. The van der Waals surface area contributed by atoms with Gasteiger partial charge in [-0.05, 0) is 13.0 Å². The Labute approximate surface area is 334 Å². The van der Waals surface area contributed by atoms with Crippen LogP contribution in [0.25, 0.3) is 0 Å². The van der Waals surface area contributed by atoms with Crippen molar-refractivity contribution in [2.45, 2.75) is 12.5 Å². The first-order chi connectivity index (χ1) is 24.2. The quantitative estimate of drug-likeness (QED) is 0.0442. The van der Waals surface area contributed by atoms with Crippen molar-refractivity contribution in [1.29, 1.82) is 0 Å². The van der Waals surface area contributed by atoms with Crippen LogP contribution in [0.4, 0.5) is 0 Å². The molecular formula is C6H17NO22Si20. The number of hydrogen-bond donors (Lipinski definition) is 1. The normalized spacial score (nSPS) is 12.0. The van der Waals surface area contributed by atoms with E-state index in [9.17, 15) is 0 Å². The molecule has 0 aromatic carbocycles. The molecule has 38 radical (unpaired) electrons. The van der Waals surface area contributed by atoms with E-state index in [0.29, 0.717) is 19.0 Å². The van der Waals surface area contributed by atoms with Crippen LogP contribution in [-0.2, 0) is 91.5 Å². The van der Waals surface area contributed by atoms with Crippen LogP contribution in [0.1, 0.15) is 6.42 Å². The maximum atomic E-state index is 5.97. The van der Waals surface area contributed by atoms with Gasteiger partial charge in [0.1, 0.15) is 0 Å². The Morgan fingerprint density at radius 1 is 0.327 bits per heavy atom. The zero-order chi connectivity index (χ0) is 35.6. The minimum atomic E-state index is -3.40. The molecule has 0 aromatic heterocycles. The topological polar surface area (TPSA) is 229 Å². The highest BCUT2D eigenvalue weighted by Crippen LogP contribution is 2.16. The fourth-order valence-electron chi connectivity index (χ4n) is 1.46. The molecule has 0 saturated carbocycles. The lowest BCUT2D eigenvalue weighted by Crippen LogP contribution is -2.50. The van der Waals surface area contributed by atoms with E-state index in [1.807, 2.05) is 0 Å². The van der Waals surface area contributed by atoms with Crippen LogP contribution in [0.2, 0.25) is 6.04 Å². The largest absolute Gasteiger partial charge is 0.473 e. The van der Waals surface area contributed by atoms with Gasteiger partial charge in [0.25, 0.3) is 0 Å². The zero-order valence-corrected chi connectivity index (χ0v) is 44.7.